The fourth-order valence-corrected chi connectivity index (χ4v) is 7.77. The van der Waals surface area contributed by atoms with Crippen molar-refractivity contribution in [2.45, 2.75) is 70.7 Å². The normalized spacial score (nSPS) is 18.9. The number of rotatable bonds is 12. The number of ether oxygens (including phenoxy) is 2. The minimum atomic E-state index is -2.89. The molecule has 1 aliphatic heterocycles. The fraction of sp³-hybridized carbons (Fsp3) is 0.400. The molecule has 55 heavy (non-hydrogen) atoms. The highest BCUT2D eigenvalue weighted by molar-refractivity contribution is 6.36. The predicted octanol–water partition coefficient (Wildman–Crippen LogP) is 7.19. The van der Waals surface area contributed by atoms with Crippen LogP contribution in [-0.4, -0.2) is 80.4 Å². The Hall–Kier alpha value is -4.89. The number of nitrogens with one attached hydrogen (secondary N) is 2. The smallest absolute Gasteiger partial charge is 0.308 e. The number of aromatic nitrogens is 5. The number of anilines is 2. The maximum atomic E-state index is 14.0. The molecule has 4 heterocycles. The molecule has 0 radical (unpaired) electrons. The monoisotopic (exact) mass is 772 g/mol. The van der Waals surface area contributed by atoms with E-state index in [1.165, 1.54) is 7.11 Å². The maximum Gasteiger partial charge on any atom is 0.308 e. The van der Waals surface area contributed by atoms with Crippen LogP contribution >= 0.6 is 11.6 Å². The van der Waals surface area contributed by atoms with Crippen molar-refractivity contribution in [1.82, 2.24) is 35.1 Å². The summed E-state index contributed by atoms with van der Waals surface area (Å²) in [5.74, 6) is -0.249. The Morgan fingerprint density at radius 3 is 2.49 bits per heavy atom. The maximum absolute atomic E-state index is 14.0. The number of alkyl halides is 2. The summed E-state index contributed by atoms with van der Waals surface area (Å²) in [6, 6.07) is 13.3. The molecule has 7 rings (SSSR count). The van der Waals surface area contributed by atoms with Gasteiger partial charge < -0.3 is 25.2 Å². The molecule has 2 fully saturated rings. The molecular weight excluding hydrogens is 730 g/mol. The third kappa shape index (κ3) is 8.52. The summed E-state index contributed by atoms with van der Waals surface area (Å²) >= 11 is 7.12. The molecule has 0 amide bonds. The van der Waals surface area contributed by atoms with Gasteiger partial charge in [-0.3, -0.25) is 19.7 Å². The highest BCUT2D eigenvalue weighted by Gasteiger charge is 2.27. The van der Waals surface area contributed by atoms with Crippen molar-refractivity contribution in [3.05, 3.63) is 82.5 Å². The van der Waals surface area contributed by atoms with Crippen LogP contribution in [0.25, 0.3) is 33.4 Å². The van der Waals surface area contributed by atoms with Gasteiger partial charge in [0.2, 0.25) is 5.88 Å². The number of methoxy groups -OCH3 is 2. The number of hydrogen-bond acceptors (Lipinski definition) is 12. The molecule has 3 aromatic heterocycles. The number of benzene rings is 2. The van der Waals surface area contributed by atoms with Crippen molar-refractivity contribution in [2.75, 3.05) is 32.6 Å². The number of aliphatic hydroxyl groups excluding tert-OH is 1. The lowest BCUT2D eigenvalue weighted by atomic mass is 9.86. The van der Waals surface area contributed by atoms with E-state index >= 15 is 0 Å². The van der Waals surface area contributed by atoms with Gasteiger partial charge in [-0.15, -0.1) is 0 Å². The number of β-amino-alcohol motifs (C(OH)–C–C–N with tert-alkyl or cyclic N) is 1. The van der Waals surface area contributed by atoms with Gasteiger partial charge in [0.15, 0.2) is 11.6 Å². The van der Waals surface area contributed by atoms with Gasteiger partial charge in [0.1, 0.15) is 11.2 Å². The Balaban J connectivity index is 1.12. The second-order valence-electron chi connectivity index (χ2n) is 14.1. The topological polar surface area (TPSA) is 148 Å². The van der Waals surface area contributed by atoms with Gasteiger partial charge in [-0.1, -0.05) is 41.9 Å². The number of nitrogens with zero attached hydrogens (tertiary/aromatic N) is 6. The Morgan fingerprint density at radius 2 is 1.76 bits per heavy atom. The van der Waals surface area contributed by atoms with Gasteiger partial charge in [0.05, 0.1) is 48.7 Å². The molecule has 12 nitrogen and oxygen atoms in total. The van der Waals surface area contributed by atoms with Crippen LogP contribution in [0.1, 0.15) is 61.2 Å². The van der Waals surface area contributed by atoms with Crippen LogP contribution in [0.5, 0.6) is 5.88 Å². The van der Waals surface area contributed by atoms with Crippen molar-refractivity contribution in [3.8, 4) is 28.3 Å². The molecule has 2 aromatic carbocycles. The van der Waals surface area contributed by atoms with Crippen LogP contribution in [0.15, 0.2) is 54.9 Å². The second-order valence-corrected chi connectivity index (χ2v) is 14.4. The third-order valence-corrected chi connectivity index (χ3v) is 10.8. The van der Waals surface area contributed by atoms with Crippen molar-refractivity contribution >= 4 is 40.1 Å². The van der Waals surface area contributed by atoms with E-state index in [9.17, 15) is 18.7 Å². The van der Waals surface area contributed by atoms with E-state index in [-0.39, 0.29) is 29.9 Å². The minimum absolute atomic E-state index is 0.0479. The number of carbonyl (C=O) groups is 1. The van der Waals surface area contributed by atoms with Crippen LogP contribution in [0.2, 0.25) is 5.02 Å². The molecule has 0 spiro atoms. The van der Waals surface area contributed by atoms with Gasteiger partial charge in [-0.25, -0.2) is 23.7 Å². The molecule has 0 bridgehead atoms. The predicted molar refractivity (Wildman–Crippen MR) is 205 cm³/mol. The molecule has 3 N–H and O–H groups in total. The Morgan fingerprint density at radius 1 is 1.00 bits per heavy atom. The zero-order valence-corrected chi connectivity index (χ0v) is 31.6. The Bertz CT molecular complexity index is 2190. The van der Waals surface area contributed by atoms with Gasteiger partial charge in [0, 0.05) is 55.2 Å². The van der Waals surface area contributed by atoms with Gasteiger partial charge in [-0.05, 0) is 67.9 Å². The first kappa shape index (κ1) is 38.4. The van der Waals surface area contributed by atoms with E-state index in [4.69, 9.17) is 31.0 Å². The zero-order chi connectivity index (χ0) is 38.6. The lowest BCUT2D eigenvalue weighted by Gasteiger charge is -2.27. The molecule has 5 aromatic rings. The van der Waals surface area contributed by atoms with Gasteiger partial charge in [0.25, 0.3) is 6.43 Å². The quantitative estimate of drug-likeness (QED) is 0.110. The fourth-order valence-electron chi connectivity index (χ4n) is 7.44. The average Bonchev–Trinajstić information content (AvgIpc) is 3.61. The standard InChI is InChI=1S/C40H43ClF2N8O4/c1-22-27(6-5-9-30(22)47-37-35-31(48-38(50-37)36(42)43)16-23(17-46-35)20-51-15-14-26(52)21-51)28-7-4-8-29(34(28)41)32-18-45-33(39(49-32)54-2)19-44-25-12-10-24(11-13-25)40(53)55-3/h4-9,16-18,24-26,36,44,52H,10-15,19-21H2,1-3H3,(H,47,48,50)/t24?,25?,26-/m1/s1. The number of carbonyl (C=O) groups excluding carboxylic acids is 1. The number of hydrogen-bond donors (Lipinski definition) is 3. The second kappa shape index (κ2) is 16.9. The summed E-state index contributed by atoms with van der Waals surface area (Å²) in [5, 5.41) is 17.2. The van der Waals surface area contributed by atoms with E-state index in [1.54, 1.807) is 25.6 Å². The molecule has 0 unspecified atom stereocenters. The van der Waals surface area contributed by atoms with Crippen molar-refractivity contribution in [3.63, 3.8) is 0 Å². The number of aliphatic hydroxyl groups is 1. The number of halogens is 3. The summed E-state index contributed by atoms with van der Waals surface area (Å²) < 4.78 is 38.6. The molecule has 1 aliphatic carbocycles. The summed E-state index contributed by atoms with van der Waals surface area (Å²) in [6.45, 7) is 4.20. The molecule has 1 saturated heterocycles. The number of pyridine rings is 1. The summed E-state index contributed by atoms with van der Waals surface area (Å²) in [4.78, 5) is 36.4. The van der Waals surface area contributed by atoms with E-state index in [0.717, 1.165) is 54.5 Å². The first-order valence-corrected chi connectivity index (χ1v) is 18.7. The zero-order valence-electron chi connectivity index (χ0n) is 30.9. The van der Waals surface area contributed by atoms with Gasteiger partial charge in [-0.2, -0.15) is 0 Å². The van der Waals surface area contributed by atoms with E-state index in [2.05, 4.69) is 30.5 Å². The number of esters is 1. The molecular formula is C40H43ClF2N8O4. The first-order chi connectivity index (χ1) is 26.6. The molecule has 2 aliphatic rings. The lowest BCUT2D eigenvalue weighted by Crippen LogP contribution is -2.35. The van der Waals surface area contributed by atoms with Crippen molar-refractivity contribution in [1.29, 1.82) is 0 Å². The average molecular weight is 773 g/mol. The Labute approximate surface area is 322 Å². The van der Waals surface area contributed by atoms with E-state index in [1.807, 2.05) is 43.3 Å². The highest BCUT2D eigenvalue weighted by Crippen LogP contribution is 2.40. The van der Waals surface area contributed by atoms with Crippen LogP contribution in [0.4, 0.5) is 20.3 Å². The summed E-state index contributed by atoms with van der Waals surface area (Å²) in [5.41, 5.74) is 6.32. The number of likely N-dealkylation sites (tertiary alicyclic amines) is 1. The third-order valence-electron chi connectivity index (χ3n) is 10.4. The van der Waals surface area contributed by atoms with Crippen LogP contribution in [0, 0.1) is 12.8 Å². The van der Waals surface area contributed by atoms with Crippen LogP contribution in [0.3, 0.4) is 0 Å². The molecule has 1 atom stereocenters. The van der Waals surface area contributed by atoms with Crippen LogP contribution < -0.4 is 15.4 Å². The Kier molecular flexibility index (Phi) is 11.8. The summed E-state index contributed by atoms with van der Waals surface area (Å²) in [7, 11) is 2.98. The minimum Gasteiger partial charge on any atom is -0.480 e. The molecule has 288 valence electrons. The first-order valence-electron chi connectivity index (χ1n) is 18.3. The largest absolute Gasteiger partial charge is 0.480 e. The van der Waals surface area contributed by atoms with E-state index < -0.39 is 12.2 Å². The summed E-state index contributed by atoms with van der Waals surface area (Å²) in [6.07, 6.45) is 4.09. The molecule has 1 saturated carbocycles. The van der Waals surface area contributed by atoms with Crippen molar-refractivity contribution in [2.24, 2.45) is 5.92 Å². The molecule has 15 heteroatoms. The highest BCUT2D eigenvalue weighted by atomic mass is 35.5. The van der Waals surface area contributed by atoms with E-state index in [0.29, 0.717) is 70.6 Å². The van der Waals surface area contributed by atoms with Crippen molar-refractivity contribution < 1.29 is 28.2 Å². The number of fused-ring (bicyclic) bond motifs is 1. The lowest BCUT2D eigenvalue weighted by molar-refractivity contribution is -0.146. The van der Waals surface area contributed by atoms with Crippen LogP contribution in [-0.2, 0) is 22.6 Å². The SMILES string of the molecule is COC(=O)C1CCC(NCc2ncc(-c3cccc(-c4cccc(Nc5nc(C(F)F)nc6cc(CN7CC[C@@H](O)C7)cnc56)c4C)c3Cl)nc2OC)CC1. The van der Waals surface area contributed by atoms with Gasteiger partial charge >= 0.3 is 5.97 Å².